The van der Waals surface area contributed by atoms with Crippen molar-refractivity contribution in [2.24, 2.45) is 0 Å². The average molecular weight is 364 g/mol. The lowest BCUT2D eigenvalue weighted by molar-refractivity contribution is -0.121. The maximum Gasteiger partial charge on any atom is 0.254 e. The first-order valence-electron chi connectivity index (χ1n) is 8.61. The molecule has 0 saturated heterocycles. The zero-order valence-corrected chi connectivity index (χ0v) is 15.0. The second-order valence-corrected chi connectivity index (χ2v) is 5.83. The van der Waals surface area contributed by atoms with Gasteiger partial charge in [0.15, 0.2) is 0 Å². The predicted octanol–water partition coefficient (Wildman–Crippen LogP) is 2.02. The summed E-state index contributed by atoms with van der Waals surface area (Å²) in [6, 6.07) is 12.4. The summed E-state index contributed by atoms with van der Waals surface area (Å²) < 4.78 is 6.68. The van der Waals surface area contributed by atoms with Gasteiger partial charge < -0.3 is 10.1 Å². The van der Waals surface area contributed by atoms with Gasteiger partial charge in [-0.1, -0.05) is 0 Å². The van der Waals surface area contributed by atoms with Crippen LogP contribution in [0.15, 0.2) is 66.0 Å². The minimum atomic E-state index is -0.284. The summed E-state index contributed by atoms with van der Waals surface area (Å²) in [6.45, 7) is 2.81. The molecule has 3 aromatic rings. The molecule has 1 N–H and O–H groups in total. The Bertz CT molecular complexity index is 953. The van der Waals surface area contributed by atoms with Gasteiger partial charge in [-0.05, 0) is 48.9 Å². The van der Waals surface area contributed by atoms with E-state index in [1.165, 1.54) is 17.0 Å². The Morgan fingerprint density at radius 1 is 1.15 bits per heavy atom. The van der Waals surface area contributed by atoms with Gasteiger partial charge in [-0.15, -0.1) is 0 Å². The van der Waals surface area contributed by atoms with Gasteiger partial charge in [0.2, 0.25) is 5.91 Å². The highest BCUT2D eigenvalue weighted by molar-refractivity contribution is 5.75. The third kappa shape index (κ3) is 5.01. The Morgan fingerprint density at radius 2 is 1.89 bits per heavy atom. The van der Waals surface area contributed by atoms with Crippen LogP contribution in [0, 0.1) is 0 Å². The molecule has 7 nitrogen and oxygen atoms in total. The standard InChI is InChI=1S/C20H20N4O3/c1-2-27-17-5-3-16(4-6-17)18-11-20(26)24(14-23-18)13-19(25)22-12-15-7-9-21-10-8-15/h3-11,14H,2,12-13H2,1H3,(H,22,25). The number of pyridine rings is 1. The van der Waals surface area contributed by atoms with E-state index in [0.717, 1.165) is 16.9 Å². The summed E-state index contributed by atoms with van der Waals surface area (Å²) in [6.07, 6.45) is 4.71. The number of hydrogen-bond acceptors (Lipinski definition) is 5. The number of nitrogens with zero attached hydrogens (tertiary/aromatic N) is 3. The van der Waals surface area contributed by atoms with Crippen LogP contribution in [-0.4, -0.2) is 27.0 Å². The Balaban J connectivity index is 1.64. The molecule has 0 saturated carbocycles. The van der Waals surface area contributed by atoms with E-state index in [-0.39, 0.29) is 18.0 Å². The van der Waals surface area contributed by atoms with Crippen molar-refractivity contribution in [1.29, 1.82) is 0 Å². The third-order valence-corrected chi connectivity index (χ3v) is 3.89. The summed E-state index contributed by atoms with van der Waals surface area (Å²) in [7, 11) is 0. The molecular weight excluding hydrogens is 344 g/mol. The van der Waals surface area contributed by atoms with Crippen LogP contribution in [0.25, 0.3) is 11.3 Å². The Hall–Kier alpha value is -3.48. The number of carbonyl (C=O) groups excluding carboxylic acids is 1. The fraction of sp³-hybridized carbons (Fsp3) is 0.200. The van der Waals surface area contributed by atoms with Crippen molar-refractivity contribution in [2.75, 3.05) is 6.61 Å². The van der Waals surface area contributed by atoms with E-state index >= 15 is 0 Å². The van der Waals surface area contributed by atoms with Crippen LogP contribution in [0.3, 0.4) is 0 Å². The monoisotopic (exact) mass is 364 g/mol. The number of hydrogen-bond donors (Lipinski definition) is 1. The third-order valence-electron chi connectivity index (χ3n) is 3.89. The summed E-state index contributed by atoms with van der Waals surface area (Å²) in [4.78, 5) is 32.6. The van der Waals surface area contributed by atoms with Crippen molar-refractivity contribution in [3.05, 3.63) is 77.1 Å². The van der Waals surface area contributed by atoms with Gasteiger partial charge in [-0.25, -0.2) is 4.98 Å². The zero-order valence-electron chi connectivity index (χ0n) is 15.0. The largest absolute Gasteiger partial charge is 0.494 e. The van der Waals surface area contributed by atoms with Crippen LogP contribution in [0.2, 0.25) is 0 Å². The summed E-state index contributed by atoms with van der Waals surface area (Å²) in [5.41, 5.74) is 2.02. The van der Waals surface area contributed by atoms with Gasteiger partial charge in [0.05, 0.1) is 18.6 Å². The van der Waals surface area contributed by atoms with Crippen molar-refractivity contribution < 1.29 is 9.53 Å². The minimum Gasteiger partial charge on any atom is -0.494 e. The highest BCUT2D eigenvalue weighted by Crippen LogP contribution is 2.19. The highest BCUT2D eigenvalue weighted by atomic mass is 16.5. The lowest BCUT2D eigenvalue weighted by Gasteiger charge is -2.08. The van der Waals surface area contributed by atoms with E-state index < -0.39 is 0 Å². The molecule has 1 amide bonds. The quantitative estimate of drug-likeness (QED) is 0.693. The number of rotatable bonds is 7. The summed E-state index contributed by atoms with van der Waals surface area (Å²) in [5.74, 6) is 0.505. The predicted molar refractivity (Wildman–Crippen MR) is 101 cm³/mol. The number of amides is 1. The molecule has 27 heavy (non-hydrogen) atoms. The smallest absolute Gasteiger partial charge is 0.254 e. The molecule has 0 atom stereocenters. The van der Waals surface area contributed by atoms with E-state index in [9.17, 15) is 9.59 Å². The van der Waals surface area contributed by atoms with Gasteiger partial charge in [0.25, 0.3) is 5.56 Å². The average Bonchev–Trinajstić information content (AvgIpc) is 2.70. The molecule has 0 aliphatic rings. The maximum atomic E-state index is 12.3. The van der Waals surface area contributed by atoms with E-state index in [1.54, 1.807) is 12.4 Å². The SMILES string of the molecule is CCOc1ccc(-c2cc(=O)n(CC(=O)NCc3ccncc3)cn2)cc1. The molecule has 1 aromatic carbocycles. The highest BCUT2D eigenvalue weighted by Gasteiger charge is 2.07. The molecule has 0 bridgehead atoms. The van der Waals surface area contributed by atoms with Crippen LogP contribution in [0.5, 0.6) is 5.75 Å². The van der Waals surface area contributed by atoms with E-state index in [1.807, 2.05) is 43.3 Å². The number of benzene rings is 1. The van der Waals surface area contributed by atoms with Crippen LogP contribution < -0.4 is 15.6 Å². The van der Waals surface area contributed by atoms with Crippen molar-refractivity contribution in [1.82, 2.24) is 19.9 Å². The summed E-state index contributed by atoms with van der Waals surface area (Å²) in [5, 5.41) is 2.77. The Morgan fingerprint density at radius 3 is 2.56 bits per heavy atom. The molecule has 0 radical (unpaired) electrons. The second kappa shape index (κ2) is 8.75. The lowest BCUT2D eigenvalue weighted by atomic mass is 10.1. The van der Waals surface area contributed by atoms with Gasteiger partial charge in [-0.2, -0.15) is 0 Å². The Kier molecular flexibility index (Phi) is 5.94. The number of ether oxygens (including phenoxy) is 1. The van der Waals surface area contributed by atoms with E-state index in [2.05, 4.69) is 15.3 Å². The molecule has 2 aromatic heterocycles. The zero-order chi connectivity index (χ0) is 19.1. The fourth-order valence-electron chi connectivity index (χ4n) is 2.50. The first-order chi connectivity index (χ1) is 13.2. The molecule has 7 heteroatoms. The van der Waals surface area contributed by atoms with Gasteiger partial charge >= 0.3 is 0 Å². The van der Waals surface area contributed by atoms with E-state index in [4.69, 9.17) is 4.74 Å². The number of carbonyl (C=O) groups is 1. The first kappa shape index (κ1) is 18.3. The normalized spacial score (nSPS) is 10.4. The molecule has 0 spiro atoms. The second-order valence-electron chi connectivity index (χ2n) is 5.83. The van der Waals surface area contributed by atoms with Gasteiger partial charge in [-0.3, -0.25) is 19.1 Å². The molecule has 3 rings (SSSR count). The van der Waals surface area contributed by atoms with Crippen molar-refractivity contribution in [3.63, 3.8) is 0 Å². The molecule has 0 aliphatic heterocycles. The first-order valence-corrected chi connectivity index (χ1v) is 8.61. The maximum absolute atomic E-state index is 12.3. The number of nitrogens with one attached hydrogen (secondary N) is 1. The molecule has 0 fully saturated rings. The molecular formula is C20H20N4O3. The fourth-order valence-corrected chi connectivity index (χ4v) is 2.50. The van der Waals surface area contributed by atoms with Crippen molar-refractivity contribution in [3.8, 4) is 17.0 Å². The molecule has 138 valence electrons. The van der Waals surface area contributed by atoms with Gasteiger partial charge in [0.1, 0.15) is 12.3 Å². The molecule has 0 unspecified atom stereocenters. The summed E-state index contributed by atoms with van der Waals surface area (Å²) >= 11 is 0. The van der Waals surface area contributed by atoms with Gasteiger partial charge in [0, 0.05) is 30.6 Å². The Labute approximate surface area is 156 Å². The van der Waals surface area contributed by atoms with Crippen molar-refractivity contribution in [2.45, 2.75) is 20.0 Å². The van der Waals surface area contributed by atoms with Crippen molar-refractivity contribution >= 4 is 5.91 Å². The molecule has 0 aliphatic carbocycles. The van der Waals surface area contributed by atoms with E-state index in [0.29, 0.717) is 18.8 Å². The lowest BCUT2D eigenvalue weighted by Crippen LogP contribution is -2.31. The van der Waals surface area contributed by atoms with Crippen LogP contribution >= 0.6 is 0 Å². The topological polar surface area (TPSA) is 86.1 Å². The van der Waals surface area contributed by atoms with Crippen LogP contribution in [0.1, 0.15) is 12.5 Å². The number of aromatic nitrogens is 3. The minimum absolute atomic E-state index is 0.0829. The molecule has 2 heterocycles. The van der Waals surface area contributed by atoms with Crippen LogP contribution in [-0.2, 0) is 17.9 Å². The van der Waals surface area contributed by atoms with Crippen LogP contribution in [0.4, 0.5) is 0 Å².